The van der Waals surface area contributed by atoms with Crippen LogP contribution < -0.4 is 10.6 Å². The lowest BCUT2D eigenvalue weighted by atomic mass is 9.90. The minimum absolute atomic E-state index is 0. The van der Waals surface area contributed by atoms with E-state index in [4.69, 9.17) is 0 Å². The Bertz CT molecular complexity index is 645. The van der Waals surface area contributed by atoms with E-state index in [1.165, 1.54) is 10.8 Å². The van der Waals surface area contributed by atoms with Crippen molar-refractivity contribution in [1.82, 2.24) is 10.6 Å². The average molecular weight is 319 g/mol. The third kappa shape index (κ3) is 3.79. The Morgan fingerprint density at radius 1 is 1.14 bits per heavy atom. The Labute approximate surface area is 137 Å². The van der Waals surface area contributed by atoms with Gasteiger partial charge in [-0.1, -0.05) is 42.5 Å². The molecule has 0 atom stereocenters. The van der Waals surface area contributed by atoms with Gasteiger partial charge in [0.25, 0.3) is 0 Å². The highest BCUT2D eigenvalue weighted by atomic mass is 35.5. The maximum absolute atomic E-state index is 12.4. The first-order valence-electron chi connectivity index (χ1n) is 7.65. The molecule has 0 spiro atoms. The van der Waals surface area contributed by atoms with Gasteiger partial charge in [0.2, 0.25) is 5.91 Å². The molecule has 2 N–H and O–H groups in total. The van der Waals surface area contributed by atoms with Gasteiger partial charge >= 0.3 is 0 Å². The summed E-state index contributed by atoms with van der Waals surface area (Å²) >= 11 is 0. The van der Waals surface area contributed by atoms with Crippen molar-refractivity contribution in [3.05, 3.63) is 48.0 Å². The number of fused-ring (bicyclic) bond motifs is 1. The Balaban J connectivity index is 0.00000176. The SMILES string of the molecule is CC1(NC(=O)Cc2cccc3ccccc23)CCNCC1.Cl. The topological polar surface area (TPSA) is 41.1 Å². The van der Waals surface area contributed by atoms with E-state index in [1.807, 2.05) is 24.3 Å². The van der Waals surface area contributed by atoms with E-state index in [0.717, 1.165) is 31.5 Å². The van der Waals surface area contributed by atoms with E-state index in [2.05, 4.69) is 35.8 Å². The van der Waals surface area contributed by atoms with Crippen LogP contribution in [0, 0.1) is 0 Å². The van der Waals surface area contributed by atoms with E-state index in [1.54, 1.807) is 0 Å². The molecule has 1 saturated heterocycles. The molecule has 0 aliphatic carbocycles. The summed E-state index contributed by atoms with van der Waals surface area (Å²) in [6.45, 7) is 4.10. The van der Waals surface area contributed by atoms with Gasteiger partial charge in [0, 0.05) is 5.54 Å². The molecule has 3 nitrogen and oxygen atoms in total. The second kappa shape index (κ2) is 7.12. The molecule has 1 amide bonds. The van der Waals surface area contributed by atoms with E-state index >= 15 is 0 Å². The molecule has 0 radical (unpaired) electrons. The zero-order chi connectivity index (χ0) is 14.7. The van der Waals surface area contributed by atoms with Crippen LogP contribution in [-0.4, -0.2) is 24.5 Å². The fourth-order valence-corrected chi connectivity index (χ4v) is 3.10. The van der Waals surface area contributed by atoms with E-state index in [-0.39, 0.29) is 23.9 Å². The van der Waals surface area contributed by atoms with E-state index < -0.39 is 0 Å². The summed E-state index contributed by atoms with van der Waals surface area (Å²) in [7, 11) is 0. The molecule has 0 aromatic heterocycles. The number of amides is 1. The van der Waals surface area contributed by atoms with Crippen molar-refractivity contribution in [2.75, 3.05) is 13.1 Å². The Morgan fingerprint density at radius 2 is 1.82 bits per heavy atom. The molecule has 22 heavy (non-hydrogen) atoms. The number of nitrogens with one attached hydrogen (secondary N) is 2. The summed E-state index contributed by atoms with van der Waals surface area (Å²) in [4.78, 5) is 12.4. The summed E-state index contributed by atoms with van der Waals surface area (Å²) in [5, 5.41) is 8.93. The Kier molecular flexibility index (Phi) is 5.43. The number of halogens is 1. The summed E-state index contributed by atoms with van der Waals surface area (Å²) in [5.74, 6) is 0.121. The number of benzene rings is 2. The second-order valence-corrected chi connectivity index (χ2v) is 6.17. The average Bonchev–Trinajstić information content (AvgIpc) is 2.48. The van der Waals surface area contributed by atoms with Crippen LogP contribution in [0.15, 0.2) is 42.5 Å². The van der Waals surface area contributed by atoms with Gasteiger partial charge in [-0.15, -0.1) is 12.4 Å². The number of rotatable bonds is 3. The zero-order valence-electron chi connectivity index (χ0n) is 12.9. The van der Waals surface area contributed by atoms with Crippen LogP contribution in [0.4, 0.5) is 0 Å². The van der Waals surface area contributed by atoms with Gasteiger partial charge in [-0.2, -0.15) is 0 Å². The number of piperidine rings is 1. The van der Waals surface area contributed by atoms with Gasteiger partial charge < -0.3 is 10.6 Å². The summed E-state index contributed by atoms with van der Waals surface area (Å²) < 4.78 is 0. The molecular formula is C18H23ClN2O. The number of hydrogen-bond acceptors (Lipinski definition) is 2. The van der Waals surface area contributed by atoms with Crippen molar-refractivity contribution in [2.24, 2.45) is 0 Å². The molecule has 1 fully saturated rings. The third-order valence-corrected chi connectivity index (χ3v) is 4.38. The Hall–Kier alpha value is -1.58. The Morgan fingerprint density at radius 3 is 2.59 bits per heavy atom. The first-order chi connectivity index (χ1) is 10.2. The van der Waals surface area contributed by atoms with Crippen molar-refractivity contribution >= 4 is 29.1 Å². The van der Waals surface area contributed by atoms with Gasteiger partial charge in [-0.3, -0.25) is 4.79 Å². The van der Waals surface area contributed by atoms with Crippen molar-refractivity contribution in [2.45, 2.75) is 31.7 Å². The van der Waals surface area contributed by atoms with Gasteiger partial charge in [0.1, 0.15) is 0 Å². The van der Waals surface area contributed by atoms with E-state index in [0.29, 0.717) is 6.42 Å². The summed E-state index contributed by atoms with van der Waals surface area (Å²) in [5.41, 5.74) is 1.04. The quantitative estimate of drug-likeness (QED) is 0.913. The van der Waals surface area contributed by atoms with Crippen molar-refractivity contribution in [3.8, 4) is 0 Å². The van der Waals surface area contributed by atoms with Crippen molar-refractivity contribution in [1.29, 1.82) is 0 Å². The molecule has 1 aliphatic rings. The van der Waals surface area contributed by atoms with Crippen LogP contribution in [0.5, 0.6) is 0 Å². The normalized spacial score (nSPS) is 16.8. The van der Waals surface area contributed by atoms with E-state index in [9.17, 15) is 4.79 Å². The molecule has 2 aromatic rings. The first-order valence-corrected chi connectivity index (χ1v) is 7.65. The lowest BCUT2D eigenvalue weighted by molar-refractivity contribution is -0.122. The fourth-order valence-electron chi connectivity index (χ4n) is 3.10. The van der Waals surface area contributed by atoms with Crippen LogP contribution in [-0.2, 0) is 11.2 Å². The summed E-state index contributed by atoms with van der Waals surface area (Å²) in [6, 6.07) is 14.4. The molecule has 2 aromatic carbocycles. The highest BCUT2D eigenvalue weighted by Gasteiger charge is 2.28. The predicted molar refractivity (Wildman–Crippen MR) is 93.6 cm³/mol. The standard InChI is InChI=1S/C18H22N2O.ClH/c1-18(9-11-19-12-10-18)20-17(21)13-15-7-4-6-14-5-2-3-8-16(14)15;/h2-8,19H,9-13H2,1H3,(H,20,21);1H. The second-order valence-electron chi connectivity index (χ2n) is 6.17. The fraction of sp³-hybridized carbons (Fsp3) is 0.389. The van der Waals surface area contributed by atoms with Crippen LogP contribution >= 0.6 is 12.4 Å². The van der Waals surface area contributed by atoms with Crippen LogP contribution in [0.3, 0.4) is 0 Å². The molecule has 0 saturated carbocycles. The lowest BCUT2D eigenvalue weighted by Gasteiger charge is -2.35. The van der Waals surface area contributed by atoms with Crippen molar-refractivity contribution < 1.29 is 4.79 Å². The molecule has 4 heteroatoms. The molecule has 1 heterocycles. The third-order valence-electron chi connectivity index (χ3n) is 4.38. The molecule has 3 rings (SSSR count). The molecule has 0 unspecified atom stereocenters. The van der Waals surface area contributed by atoms with Crippen LogP contribution in [0.2, 0.25) is 0 Å². The monoisotopic (exact) mass is 318 g/mol. The van der Waals surface area contributed by atoms with Gasteiger partial charge in [-0.25, -0.2) is 0 Å². The highest BCUT2D eigenvalue weighted by molar-refractivity contribution is 5.90. The first kappa shape index (κ1) is 16.8. The number of carbonyl (C=O) groups is 1. The van der Waals surface area contributed by atoms with Crippen LogP contribution in [0.1, 0.15) is 25.3 Å². The highest BCUT2D eigenvalue weighted by Crippen LogP contribution is 2.20. The summed E-state index contributed by atoms with van der Waals surface area (Å²) in [6.07, 6.45) is 2.44. The number of carbonyl (C=O) groups excluding carboxylic acids is 1. The van der Waals surface area contributed by atoms with Crippen LogP contribution in [0.25, 0.3) is 10.8 Å². The maximum atomic E-state index is 12.4. The lowest BCUT2D eigenvalue weighted by Crippen LogP contribution is -2.52. The zero-order valence-corrected chi connectivity index (χ0v) is 13.7. The minimum atomic E-state index is -0.0626. The largest absolute Gasteiger partial charge is 0.351 e. The van der Waals surface area contributed by atoms with Crippen molar-refractivity contribution in [3.63, 3.8) is 0 Å². The minimum Gasteiger partial charge on any atom is -0.351 e. The van der Waals surface area contributed by atoms with Gasteiger partial charge in [-0.05, 0) is 49.2 Å². The molecule has 118 valence electrons. The predicted octanol–water partition coefficient (Wildman–Crippen LogP) is 3.06. The number of hydrogen-bond donors (Lipinski definition) is 2. The molecule has 1 aliphatic heterocycles. The molecular weight excluding hydrogens is 296 g/mol. The maximum Gasteiger partial charge on any atom is 0.224 e. The molecule has 0 bridgehead atoms. The smallest absolute Gasteiger partial charge is 0.224 e. The van der Waals surface area contributed by atoms with Gasteiger partial charge in [0.15, 0.2) is 0 Å². The van der Waals surface area contributed by atoms with Gasteiger partial charge in [0.05, 0.1) is 6.42 Å².